The van der Waals surface area contributed by atoms with E-state index in [-0.39, 0.29) is 6.04 Å². The van der Waals surface area contributed by atoms with Crippen molar-refractivity contribution in [3.05, 3.63) is 38.3 Å². The number of hydrogen-bond donors (Lipinski definition) is 1. The maximum absolute atomic E-state index is 5.38. The summed E-state index contributed by atoms with van der Waals surface area (Å²) in [6.07, 6.45) is 0. The zero-order chi connectivity index (χ0) is 14.0. The highest BCUT2D eigenvalue weighted by molar-refractivity contribution is 9.10. The second-order valence-corrected chi connectivity index (χ2v) is 6.54. The fourth-order valence-corrected chi connectivity index (χ4v) is 3.33. The van der Waals surface area contributed by atoms with Crippen molar-refractivity contribution >= 4 is 33.0 Å². The number of hydrogen-bond acceptors (Lipinski definition) is 4. The molecule has 1 N–H and O–H groups in total. The molecule has 0 fully saturated rings. The average Bonchev–Trinajstić information content (AvgIpc) is 2.69. The second-order valence-electron chi connectivity index (χ2n) is 4.39. The molecule has 1 aromatic heterocycles. The molecule has 5 heteroatoms. The van der Waals surface area contributed by atoms with Crippen molar-refractivity contribution in [1.82, 2.24) is 4.98 Å². The molecule has 0 aliphatic heterocycles. The third-order valence-corrected chi connectivity index (χ3v) is 4.62. The lowest BCUT2D eigenvalue weighted by atomic mass is 10.2. The number of benzene rings is 1. The number of thiazole rings is 1. The number of aromatic nitrogens is 1. The summed E-state index contributed by atoms with van der Waals surface area (Å²) < 4.78 is 6.40. The summed E-state index contributed by atoms with van der Waals surface area (Å²) in [5, 5.41) is 4.59. The van der Waals surface area contributed by atoms with E-state index in [0.717, 1.165) is 26.6 Å². The Bertz CT molecular complexity index is 583. The minimum Gasteiger partial charge on any atom is -0.495 e. The van der Waals surface area contributed by atoms with E-state index < -0.39 is 0 Å². The van der Waals surface area contributed by atoms with Gasteiger partial charge in [-0.05, 0) is 39.0 Å². The van der Waals surface area contributed by atoms with E-state index in [2.05, 4.69) is 40.1 Å². The van der Waals surface area contributed by atoms with E-state index in [1.165, 1.54) is 4.88 Å². The van der Waals surface area contributed by atoms with Crippen LogP contribution >= 0.6 is 27.3 Å². The van der Waals surface area contributed by atoms with Crippen LogP contribution in [0.5, 0.6) is 5.75 Å². The van der Waals surface area contributed by atoms with Gasteiger partial charge in [-0.1, -0.05) is 15.9 Å². The third kappa shape index (κ3) is 3.28. The summed E-state index contributed by atoms with van der Waals surface area (Å²) in [6, 6.07) is 6.15. The summed E-state index contributed by atoms with van der Waals surface area (Å²) in [5.74, 6) is 0.842. The lowest BCUT2D eigenvalue weighted by Crippen LogP contribution is -2.07. The molecule has 0 aliphatic carbocycles. The van der Waals surface area contributed by atoms with Crippen LogP contribution in [0.1, 0.15) is 28.5 Å². The molecule has 0 saturated heterocycles. The molecule has 1 heterocycles. The Hall–Kier alpha value is -1.07. The number of rotatable bonds is 4. The van der Waals surface area contributed by atoms with Crippen LogP contribution in [0.2, 0.25) is 0 Å². The largest absolute Gasteiger partial charge is 0.495 e. The zero-order valence-corrected chi connectivity index (χ0v) is 13.9. The summed E-state index contributed by atoms with van der Waals surface area (Å²) in [7, 11) is 1.68. The van der Waals surface area contributed by atoms with Crippen molar-refractivity contribution in [2.45, 2.75) is 26.8 Å². The van der Waals surface area contributed by atoms with E-state index in [1.807, 2.05) is 25.1 Å². The van der Waals surface area contributed by atoms with Crippen LogP contribution < -0.4 is 10.1 Å². The molecule has 3 nitrogen and oxygen atoms in total. The lowest BCUT2D eigenvalue weighted by molar-refractivity contribution is 0.416. The van der Waals surface area contributed by atoms with Crippen molar-refractivity contribution in [1.29, 1.82) is 0 Å². The van der Waals surface area contributed by atoms with Crippen LogP contribution in [0.3, 0.4) is 0 Å². The van der Waals surface area contributed by atoms with Gasteiger partial charge in [0.2, 0.25) is 0 Å². The second kappa shape index (κ2) is 5.92. The average molecular weight is 341 g/mol. The molecule has 0 radical (unpaired) electrons. The minimum absolute atomic E-state index is 0.203. The van der Waals surface area contributed by atoms with Crippen molar-refractivity contribution in [2.75, 3.05) is 12.4 Å². The van der Waals surface area contributed by atoms with E-state index in [4.69, 9.17) is 4.74 Å². The third-order valence-electron chi connectivity index (χ3n) is 2.87. The number of nitrogens with one attached hydrogen (secondary N) is 1. The molecule has 0 bridgehead atoms. The summed E-state index contributed by atoms with van der Waals surface area (Å²) in [6.45, 7) is 6.23. The fraction of sp³-hybridized carbons (Fsp3) is 0.357. The van der Waals surface area contributed by atoms with Gasteiger partial charge in [0.25, 0.3) is 0 Å². The quantitative estimate of drug-likeness (QED) is 0.875. The van der Waals surface area contributed by atoms with Crippen molar-refractivity contribution in [3.63, 3.8) is 0 Å². The van der Waals surface area contributed by atoms with Crippen molar-refractivity contribution in [3.8, 4) is 5.75 Å². The van der Waals surface area contributed by atoms with Gasteiger partial charge in [-0.2, -0.15) is 0 Å². The smallest absolute Gasteiger partial charge is 0.142 e. The molecule has 0 amide bonds. The van der Waals surface area contributed by atoms with Crippen LogP contribution in [-0.2, 0) is 0 Å². The van der Waals surface area contributed by atoms with Gasteiger partial charge in [0.15, 0.2) is 0 Å². The summed E-state index contributed by atoms with van der Waals surface area (Å²) in [5.41, 5.74) is 2.08. The molecule has 1 unspecified atom stereocenters. The van der Waals surface area contributed by atoms with Gasteiger partial charge in [0.05, 0.1) is 29.5 Å². The first-order valence-electron chi connectivity index (χ1n) is 6.05. The Balaban J connectivity index is 2.25. The Kier molecular flexibility index (Phi) is 4.47. The Morgan fingerprint density at radius 2 is 2.11 bits per heavy atom. The van der Waals surface area contributed by atoms with E-state index in [9.17, 15) is 0 Å². The standard InChI is InChI=1S/C14H17BrN2OS/c1-8-14(19-10(3)16-8)9(2)17-12-7-11(15)5-6-13(12)18-4/h5-7,9,17H,1-4H3. The van der Waals surface area contributed by atoms with Gasteiger partial charge in [0.1, 0.15) is 5.75 Å². The van der Waals surface area contributed by atoms with Crippen LogP contribution in [0.25, 0.3) is 0 Å². The molecule has 2 rings (SSSR count). The fourth-order valence-electron chi connectivity index (χ4n) is 2.04. The first kappa shape index (κ1) is 14.3. The number of anilines is 1. The number of halogens is 1. The maximum Gasteiger partial charge on any atom is 0.142 e. The molecule has 1 atom stereocenters. The van der Waals surface area contributed by atoms with E-state index >= 15 is 0 Å². The van der Waals surface area contributed by atoms with Gasteiger partial charge in [-0.3, -0.25) is 0 Å². The summed E-state index contributed by atoms with van der Waals surface area (Å²) in [4.78, 5) is 5.74. The van der Waals surface area contributed by atoms with Crippen LogP contribution in [-0.4, -0.2) is 12.1 Å². The van der Waals surface area contributed by atoms with E-state index in [0.29, 0.717) is 0 Å². The molecule has 102 valence electrons. The monoisotopic (exact) mass is 340 g/mol. The highest BCUT2D eigenvalue weighted by Crippen LogP contribution is 2.33. The molecular weight excluding hydrogens is 324 g/mol. The SMILES string of the molecule is COc1ccc(Br)cc1NC(C)c1sc(C)nc1C. The van der Waals surface area contributed by atoms with E-state index in [1.54, 1.807) is 18.4 Å². The number of nitrogens with zero attached hydrogens (tertiary/aromatic N) is 1. The highest BCUT2D eigenvalue weighted by atomic mass is 79.9. The van der Waals surface area contributed by atoms with Crippen LogP contribution in [0.15, 0.2) is 22.7 Å². The Labute approximate surface area is 126 Å². The predicted molar refractivity (Wildman–Crippen MR) is 84.3 cm³/mol. The van der Waals surface area contributed by atoms with Crippen molar-refractivity contribution < 1.29 is 4.74 Å². The predicted octanol–water partition coefficient (Wildman–Crippen LogP) is 4.70. The number of aryl methyl sites for hydroxylation is 2. The van der Waals surface area contributed by atoms with Gasteiger partial charge >= 0.3 is 0 Å². The van der Waals surface area contributed by atoms with Gasteiger partial charge < -0.3 is 10.1 Å². The topological polar surface area (TPSA) is 34.1 Å². The highest BCUT2D eigenvalue weighted by Gasteiger charge is 2.14. The zero-order valence-electron chi connectivity index (χ0n) is 11.5. The van der Waals surface area contributed by atoms with Gasteiger partial charge in [0, 0.05) is 9.35 Å². The van der Waals surface area contributed by atoms with Gasteiger partial charge in [-0.15, -0.1) is 11.3 Å². The normalized spacial score (nSPS) is 12.3. The Morgan fingerprint density at radius 1 is 1.37 bits per heavy atom. The first-order valence-corrected chi connectivity index (χ1v) is 7.66. The maximum atomic E-state index is 5.38. The molecule has 0 saturated carbocycles. The molecule has 0 spiro atoms. The summed E-state index contributed by atoms with van der Waals surface area (Å²) >= 11 is 5.22. The van der Waals surface area contributed by atoms with Gasteiger partial charge in [-0.25, -0.2) is 4.98 Å². The van der Waals surface area contributed by atoms with Crippen molar-refractivity contribution in [2.24, 2.45) is 0 Å². The molecule has 1 aromatic carbocycles. The molecular formula is C14H17BrN2OS. The number of ether oxygens (including phenoxy) is 1. The van der Waals surface area contributed by atoms with Crippen LogP contribution in [0.4, 0.5) is 5.69 Å². The molecule has 0 aliphatic rings. The Morgan fingerprint density at radius 3 is 2.68 bits per heavy atom. The lowest BCUT2D eigenvalue weighted by Gasteiger charge is -2.17. The molecule has 2 aromatic rings. The first-order chi connectivity index (χ1) is 9.01. The van der Waals surface area contributed by atoms with Crippen LogP contribution in [0, 0.1) is 13.8 Å². The molecule has 19 heavy (non-hydrogen) atoms. The minimum atomic E-state index is 0.203. The number of methoxy groups -OCH3 is 1.